The number of carbonyl (C=O) groups excluding carboxylic acids is 2. The van der Waals surface area contributed by atoms with Crippen molar-refractivity contribution in [2.24, 2.45) is 0 Å². The zero-order chi connectivity index (χ0) is 17.1. The molecule has 6 heteroatoms. The third-order valence-corrected chi connectivity index (χ3v) is 5.29. The Morgan fingerprint density at radius 1 is 1.21 bits per heavy atom. The fourth-order valence-corrected chi connectivity index (χ4v) is 4.07. The van der Waals surface area contributed by atoms with Crippen LogP contribution < -0.4 is 5.32 Å². The normalized spacial score (nSPS) is 24.3. The van der Waals surface area contributed by atoms with Crippen molar-refractivity contribution in [2.75, 3.05) is 26.7 Å². The zero-order valence-electron chi connectivity index (χ0n) is 14.5. The second-order valence-electron chi connectivity index (χ2n) is 6.56. The first-order valence-corrected chi connectivity index (χ1v) is 8.89. The number of nitrogens with zero attached hydrogens (tertiary/aromatic N) is 3. The number of aromatic nitrogens is 1. The van der Waals surface area contributed by atoms with Gasteiger partial charge in [0.1, 0.15) is 5.69 Å². The quantitative estimate of drug-likeness (QED) is 0.909. The maximum absolute atomic E-state index is 12.9. The highest BCUT2D eigenvalue weighted by Gasteiger charge is 2.39. The van der Waals surface area contributed by atoms with Crippen molar-refractivity contribution >= 4 is 11.8 Å². The van der Waals surface area contributed by atoms with E-state index in [9.17, 15) is 9.59 Å². The highest BCUT2D eigenvalue weighted by Crippen LogP contribution is 2.30. The SMILES string of the molecule is CCN1CCC[C@H]1[C@@H]1CCCN1C(=O)c1ccc(C(=O)NC)nc1. The van der Waals surface area contributed by atoms with Gasteiger partial charge >= 0.3 is 0 Å². The Morgan fingerprint density at radius 3 is 2.62 bits per heavy atom. The largest absolute Gasteiger partial charge is 0.354 e. The molecule has 2 atom stereocenters. The molecule has 2 saturated heterocycles. The highest BCUT2D eigenvalue weighted by atomic mass is 16.2. The third kappa shape index (κ3) is 3.15. The van der Waals surface area contributed by atoms with Crippen LogP contribution in [0.25, 0.3) is 0 Å². The lowest BCUT2D eigenvalue weighted by Gasteiger charge is -2.34. The molecule has 2 aliphatic heterocycles. The number of likely N-dealkylation sites (tertiary alicyclic amines) is 2. The third-order valence-electron chi connectivity index (χ3n) is 5.29. The van der Waals surface area contributed by atoms with Gasteiger partial charge in [0.05, 0.1) is 5.56 Å². The first-order chi connectivity index (χ1) is 11.7. The molecule has 1 N–H and O–H groups in total. The van der Waals surface area contributed by atoms with E-state index in [1.807, 2.05) is 4.90 Å². The Hall–Kier alpha value is -1.95. The molecule has 2 amide bonds. The van der Waals surface area contributed by atoms with Crippen LogP contribution in [-0.2, 0) is 0 Å². The van der Waals surface area contributed by atoms with Crippen molar-refractivity contribution < 1.29 is 9.59 Å². The Labute approximate surface area is 143 Å². The van der Waals surface area contributed by atoms with Gasteiger partial charge in [0.15, 0.2) is 0 Å². The van der Waals surface area contributed by atoms with Gasteiger partial charge in [0, 0.05) is 31.9 Å². The summed E-state index contributed by atoms with van der Waals surface area (Å²) in [6.45, 7) is 5.20. The second-order valence-corrected chi connectivity index (χ2v) is 6.56. The average molecular weight is 330 g/mol. The molecule has 6 nitrogen and oxygen atoms in total. The van der Waals surface area contributed by atoms with Gasteiger partial charge in [-0.2, -0.15) is 0 Å². The summed E-state index contributed by atoms with van der Waals surface area (Å²) in [5, 5.41) is 2.54. The summed E-state index contributed by atoms with van der Waals surface area (Å²) in [5.74, 6) is -0.200. The van der Waals surface area contributed by atoms with Crippen molar-refractivity contribution in [3.8, 4) is 0 Å². The summed E-state index contributed by atoms with van der Waals surface area (Å²) in [4.78, 5) is 33.1. The highest BCUT2D eigenvalue weighted by molar-refractivity contribution is 5.96. The molecule has 24 heavy (non-hydrogen) atoms. The van der Waals surface area contributed by atoms with Gasteiger partial charge in [-0.25, -0.2) is 0 Å². The molecule has 1 aromatic heterocycles. The number of carbonyl (C=O) groups is 2. The molecule has 0 aliphatic carbocycles. The van der Waals surface area contributed by atoms with Crippen LogP contribution in [0.1, 0.15) is 53.5 Å². The molecule has 130 valence electrons. The van der Waals surface area contributed by atoms with Crippen LogP contribution >= 0.6 is 0 Å². The standard InChI is InChI=1S/C18H26N4O2/c1-3-21-10-4-6-15(21)16-7-5-11-22(16)18(24)13-8-9-14(20-12-13)17(23)19-2/h8-9,12,15-16H,3-7,10-11H2,1-2H3,(H,19,23)/t15-,16-/m0/s1. The van der Waals surface area contributed by atoms with Gasteiger partial charge in [-0.05, 0) is 50.9 Å². The lowest BCUT2D eigenvalue weighted by molar-refractivity contribution is 0.0649. The Bertz CT molecular complexity index is 602. The number of nitrogens with one attached hydrogen (secondary N) is 1. The van der Waals surface area contributed by atoms with Crippen LogP contribution in [0.15, 0.2) is 18.3 Å². The number of rotatable bonds is 4. The summed E-state index contributed by atoms with van der Waals surface area (Å²) in [5.41, 5.74) is 0.899. The Balaban J connectivity index is 1.75. The van der Waals surface area contributed by atoms with Gasteiger partial charge < -0.3 is 10.2 Å². The Morgan fingerprint density at radius 2 is 1.96 bits per heavy atom. The monoisotopic (exact) mass is 330 g/mol. The van der Waals surface area contributed by atoms with E-state index in [0.717, 1.165) is 32.5 Å². The van der Waals surface area contributed by atoms with Gasteiger partial charge in [-0.15, -0.1) is 0 Å². The van der Waals surface area contributed by atoms with E-state index in [2.05, 4.69) is 22.1 Å². The van der Waals surface area contributed by atoms with E-state index in [0.29, 0.717) is 23.3 Å². The first kappa shape index (κ1) is 16.9. The van der Waals surface area contributed by atoms with Gasteiger partial charge in [-0.3, -0.25) is 19.5 Å². The van der Waals surface area contributed by atoms with Crippen molar-refractivity contribution in [2.45, 2.75) is 44.7 Å². The molecule has 0 radical (unpaired) electrons. The lowest BCUT2D eigenvalue weighted by atomic mass is 10.0. The lowest BCUT2D eigenvalue weighted by Crippen LogP contribution is -2.48. The Kier molecular flexibility index (Phi) is 5.14. The molecule has 0 saturated carbocycles. The summed E-state index contributed by atoms with van der Waals surface area (Å²) in [7, 11) is 1.57. The number of amides is 2. The van der Waals surface area contributed by atoms with Crippen molar-refractivity contribution in [3.05, 3.63) is 29.6 Å². The van der Waals surface area contributed by atoms with Crippen LogP contribution in [0, 0.1) is 0 Å². The van der Waals surface area contributed by atoms with Crippen LogP contribution in [0.4, 0.5) is 0 Å². The second kappa shape index (κ2) is 7.30. The van der Waals surface area contributed by atoms with E-state index < -0.39 is 0 Å². The molecule has 3 rings (SSSR count). The fraction of sp³-hybridized carbons (Fsp3) is 0.611. The topological polar surface area (TPSA) is 65.5 Å². The van der Waals surface area contributed by atoms with Crippen molar-refractivity contribution in [1.82, 2.24) is 20.1 Å². The molecule has 0 unspecified atom stereocenters. The van der Waals surface area contributed by atoms with Crippen LogP contribution in [0.3, 0.4) is 0 Å². The predicted molar refractivity (Wildman–Crippen MR) is 92.0 cm³/mol. The van der Waals surface area contributed by atoms with E-state index in [4.69, 9.17) is 0 Å². The maximum atomic E-state index is 12.9. The molecular formula is C18H26N4O2. The van der Waals surface area contributed by atoms with Gasteiger partial charge in [0.2, 0.25) is 0 Å². The number of hydrogen-bond donors (Lipinski definition) is 1. The molecule has 1 aromatic rings. The molecule has 0 spiro atoms. The van der Waals surface area contributed by atoms with Crippen molar-refractivity contribution in [3.63, 3.8) is 0 Å². The zero-order valence-corrected chi connectivity index (χ0v) is 14.5. The minimum Gasteiger partial charge on any atom is -0.354 e. The summed E-state index contributed by atoms with van der Waals surface area (Å²) >= 11 is 0. The molecule has 0 bridgehead atoms. The van der Waals surface area contributed by atoms with E-state index in [-0.39, 0.29) is 11.8 Å². The number of hydrogen-bond acceptors (Lipinski definition) is 4. The van der Waals surface area contributed by atoms with E-state index in [1.54, 1.807) is 19.2 Å². The van der Waals surface area contributed by atoms with E-state index >= 15 is 0 Å². The summed E-state index contributed by atoms with van der Waals surface area (Å²) in [6, 6.07) is 4.12. The first-order valence-electron chi connectivity index (χ1n) is 8.89. The number of pyridine rings is 1. The molecule has 3 heterocycles. The van der Waals surface area contributed by atoms with Crippen LogP contribution in [0.5, 0.6) is 0 Å². The predicted octanol–water partition coefficient (Wildman–Crippen LogP) is 1.53. The molecule has 2 aliphatic rings. The minimum absolute atomic E-state index is 0.0383. The maximum Gasteiger partial charge on any atom is 0.269 e. The van der Waals surface area contributed by atoms with Crippen LogP contribution in [0.2, 0.25) is 0 Å². The molecule has 0 aromatic carbocycles. The number of likely N-dealkylation sites (N-methyl/N-ethyl adjacent to an activating group) is 1. The summed E-state index contributed by atoms with van der Waals surface area (Å²) < 4.78 is 0. The minimum atomic E-state index is -0.238. The summed E-state index contributed by atoms with van der Waals surface area (Å²) in [6.07, 6.45) is 6.06. The van der Waals surface area contributed by atoms with Crippen molar-refractivity contribution in [1.29, 1.82) is 0 Å². The molecular weight excluding hydrogens is 304 g/mol. The van der Waals surface area contributed by atoms with Gasteiger partial charge in [-0.1, -0.05) is 6.92 Å². The molecule has 2 fully saturated rings. The van der Waals surface area contributed by atoms with E-state index in [1.165, 1.54) is 19.0 Å². The van der Waals surface area contributed by atoms with Gasteiger partial charge in [0.25, 0.3) is 11.8 Å². The van der Waals surface area contributed by atoms with Crippen LogP contribution in [-0.4, -0.2) is 65.4 Å². The smallest absolute Gasteiger partial charge is 0.269 e. The average Bonchev–Trinajstić information content (AvgIpc) is 3.28. The fourth-order valence-electron chi connectivity index (χ4n) is 4.07.